The summed E-state index contributed by atoms with van der Waals surface area (Å²) in [5.74, 6) is -0.219. The monoisotopic (exact) mass is 262 g/mol. The fourth-order valence-corrected chi connectivity index (χ4v) is 2.94. The van der Waals surface area contributed by atoms with Crippen LogP contribution in [0.5, 0.6) is 0 Å². The molecule has 0 unspecified atom stereocenters. The van der Waals surface area contributed by atoms with Gasteiger partial charge in [0.1, 0.15) is 0 Å². The van der Waals surface area contributed by atoms with Crippen LogP contribution in [-0.2, 0) is 0 Å². The number of benzene rings is 1. The van der Waals surface area contributed by atoms with Crippen LogP contribution in [0.15, 0.2) is 41.5 Å². The Kier molecular flexibility index (Phi) is 2.02. The molecule has 20 heavy (non-hydrogen) atoms. The number of H-pyrrole nitrogens is 1. The van der Waals surface area contributed by atoms with E-state index >= 15 is 0 Å². The number of hydrogen-bond acceptors (Lipinski definition) is 3. The van der Waals surface area contributed by atoms with E-state index in [0.717, 1.165) is 27.6 Å². The third-order valence-corrected chi connectivity index (χ3v) is 3.81. The number of nitrogens with zero attached hydrogens (tertiary/aromatic N) is 1. The highest BCUT2D eigenvalue weighted by atomic mass is 16.1. The van der Waals surface area contributed by atoms with Crippen LogP contribution < -0.4 is 5.56 Å². The SMILES string of the molecule is Cc1cccc2[nH]c(=O)c3c(c12)-c1cnccc1C3=O. The van der Waals surface area contributed by atoms with Gasteiger partial charge in [0, 0.05) is 40.0 Å². The van der Waals surface area contributed by atoms with Gasteiger partial charge >= 0.3 is 0 Å². The van der Waals surface area contributed by atoms with Crippen molar-refractivity contribution in [2.24, 2.45) is 0 Å². The van der Waals surface area contributed by atoms with E-state index in [1.807, 2.05) is 25.1 Å². The molecule has 0 saturated heterocycles. The van der Waals surface area contributed by atoms with Crippen molar-refractivity contribution in [1.82, 2.24) is 9.97 Å². The molecule has 0 saturated carbocycles. The smallest absolute Gasteiger partial charge is 0.260 e. The highest BCUT2D eigenvalue weighted by Crippen LogP contribution is 2.39. The lowest BCUT2D eigenvalue weighted by Gasteiger charge is -2.07. The first-order chi connectivity index (χ1) is 9.68. The molecule has 1 aliphatic carbocycles. The van der Waals surface area contributed by atoms with E-state index in [9.17, 15) is 9.59 Å². The zero-order valence-corrected chi connectivity index (χ0v) is 10.7. The van der Waals surface area contributed by atoms with Crippen molar-refractivity contribution in [2.45, 2.75) is 6.92 Å². The summed E-state index contributed by atoms with van der Waals surface area (Å²) in [5.41, 5.74) is 3.69. The van der Waals surface area contributed by atoms with Crippen LogP contribution >= 0.6 is 0 Å². The standard InChI is InChI=1S/C16H10N2O2/c1-8-3-2-4-11-12(8)13-10-7-17-6-5-9(10)15(19)14(13)16(20)18-11/h2-7H,1H3,(H,18,20). The van der Waals surface area contributed by atoms with Gasteiger partial charge in [-0.2, -0.15) is 0 Å². The predicted octanol–water partition coefficient (Wildman–Crippen LogP) is 2.44. The first kappa shape index (κ1) is 11.1. The molecule has 1 aliphatic rings. The average molecular weight is 262 g/mol. The summed E-state index contributed by atoms with van der Waals surface area (Å²) in [6, 6.07) is 7.38. The van der Waals surface area contributed by atoms with Gasteiger partial charge in [-0.25, -0.2) is 0 Å². The van der Waals surface area contributed by atoms with Crippen molar-refractivity contribution in [3.8, 4) is 11.1 Å². The van der Waals surface area contributed by atoms with Gasteiger partial charge in [-0.1, -0.05) is 12.1 Å². The lowest BCUT2D eigenvalue weighted by atomic mass is 9.99. The minimum atomic E-state index is -0.334. The summed E-state index contributed by atoms with van der Waals surface area (Å²) in [7, 11) is 0. The second-order valence-corrected chi connectivity index (χ2v) is 4.95. The van der Waals surface area contributed by atoms with E-state index in [0.29, 0.717) is 5.56 Å². The van der Waals surface area contributed by atoms with Crippen molar-refractivity contribution in [1.29, 1.82) is 0 Å². The van der Waals surface area contributed by atoms with Gasteiger partial charge in [0.05, 0.1) is 5.56 Å². The van der Waals surface area contributed by atoms with Crippen molar-refractivity contribution in [3.63, 3.8) is 0 Å². The van der Waals surface area contributed by atoms with Crippen LogP contribution in [0.4, 0.5) is 0 Å². The Labute approximate surface area is 114 Å². The topological polar surface area (TPSA) is 62.8 Å². The first-order valence-corrected chi connectivity index (χ1v) is 6.33. The quantitative estimate of drug-likeness (QED) is 0.529. The molecule has 96 valence electrons. The molecule has 0 fully saturated rings. The van der Waals surface area contributed by atoms with Gasteiger partial charge in [-0.15, -0.1) is 0 Å². The van der Waals surface area contributed by atoms with Crippen LogP contribution in [-0.4, -0.2) is 15.8 Å². The van der Waals surface area contributed by atoms with E-state index < -0.39 is 0 Å². The van der Waals surface area contributed by atoms with E-state index in [1.54, 1.807) is 18.5 Å². The minimum Gasteiger partial charge on any atom is -0.321 e. The van der Waals surface area contributed by atoms with Gasteiger partial charge in [-0.05, 0) is 24.6 Å². The molecule has 4 nitrogen and oxygen atoms in total. The number of nitrogens with one attached hydrogen (secondary N) is 1. The van der Waals surface area contributed by atoms with Gasteiger partial charge in [0.2, 0.25) is 0 Å². The molecule has 3 aromatic rings. The fourth-order valence-electron chi connectivity index (χ4n) is 2.94. The largest absolute Gasteiger partial charge is 0.321 e. The number of pyridine rings is 2. The van der Waals surface area contributed by atoms with Crippen molar-refractivity contribution < 1.29 is 4.79 Å². The van der Waals surface area contributed by atoms with Gasteiger partial charge in [-0.3, -0.25) is 14.6 Å². The molecular formula is C16H10N2O2. The minimum absolute atomic E-state index is 0.219. The maximum atomic E-state index is 12.4. The Hall–Kier alpha value is -2.75. The normalized spacial score (nSPS) is 12.6. The molecule has 2 aromatic heterocycles. The first-order valence-electron chi connectivity index (χ1n) is 6.33. The maximum absolute atomic E-state index is 12.4. The van der Waals surface area contributed by atoms with E-state index in [-0.39, 0.29) is 16.9 Å². The predicted molar refractivity (Wildman–Crippen MR) is 76.0 cm³/mol. The number of fused-ring (bicyclic) bond motifs is 5. The molecule has 0 radical (unpaired) electrons. The Morgan fingerprint density at radius 2 is 1.90 bits per heavy atom. The summed E-state index contributed by atoms with van der Waals surface area (Å²) in [6.07, 6.45) is 3.23. The lowest BCUT2D eigenvalue weighted by molar-refractivity contribution is 0.104. The number of hydrogen-bond donors (Lipinski definition) is 1. The zero-order valence-electron chi connectivity index (χ0n) is 10.7. The number of rotatable bonds is 0. The Morgan fingerprint density at radius 3 is 2.75 bits per heavy atom. The van der Waals surface area contributed by atoms with Crippen molar-refractivity contribution in [3.05, 3.63) is 63.7 Å². The number of aromatic nitrogens is 2. The van der Waals surface area contributed by atoms with E-state index in [2.05, 4.69) is 9.97 Å². The van der Waals surface area contributed by atoms with E-state index in [1.165, 1.54) is 0 Å². The number of carbonyl (C=O) groups excluding carboxylic acids is 1. The van der Waals surface area contributed by atoms with Crippen molar-refractivity contribution >= 4 is 16.7 Å². The fraction of sp³-hybridized carbons (Fsp3) is 0.0625. The molecule has 0 atom stereocenters. The van der Waals surface area contributed by atoms with Crippen LogP contribution in [0.2, 0.25) is 0 Å². The molecule has 0 spiro atoms. The number of aryl methyl sites for hydroxylation is 1. The van der Waals surface area contributed by atoms with Crippen LogP contribution in [0, 0.1) is 6.92 Å². The summed E-state index contributed by atoms with van der Waals surface area (Å²) < 4.78 is 0. The van der Waals surface area contributed by atoms with Crippen LogP contribution in [0.25, 0.3) is 22.0 Å². The molecule has 4 heteroatoms. The number of ketones is 1. The Bertz CT molecular complexity index is 954. The third kappa shape index (κ3) is 1.23. The van der Waals surface area contributed by atoms with Crippen molar-refractivity contribution in [2.75, 3.05) is 0 Å². The molecule has 2 heterocycles. The van der Waals surface area contributed by atoms with Gasteiger partial charge in [0.25, 0.3) is 5.56 Å². The van der Waals surface area contributed by atoms with Crippen LogP contribution in [0.3, 0.4) is 0 Å². The third-order valence-electron chi connectivity index (χ3n) is 3.81. The Balaban J connectivity index is 2.32. The summed E-state index contributed by atoms with van der Waals surface area (Å²) in [6.45, 7) is 1.97. The van der Waals surface area contributed by atoms with Gasteiger partial charge in [0.15, 0.2) is 5.78 Å². The van der Waals surface area contributed by atoms with E-state index in [4.69, 9.17) is 0 Å². The molecule has 0 amide bonds. The summed E-state index contributed by atoms with van der Waals surface area (Å²) >= 11 is 0. The average Bonchev–Trinajstić information content (AvgIpc) is 2.74. The van der Waals surface area contributed by atoms with Crippen LogP contribution in [0.1, 0.15) is 21.5 Å². The molecule has 0 bridgehead atoms. The molecule has 1 aromatic carbocycles. The Morgan fingerprint density at radius 1 is 1.05 bits per heavy atom. The second-order valence-electron chi connectivity index (χ2n) is 4.95. The maximum Gasteiger partial charge on any atom is 0.260 e. The van der Waals surface area contributed by atoms with Gasteiger partial charge < -0.3 is 4.98 Å². The summed E-state index contributed by atoms with van der Waals surface area (Å²) in [4.78, 5) is 31.5. The second kappa shape index (κ2) is 3.63. The molecule has 1 N–H and O–H groups in total. The number of carbonyl (C=O) groups is 1. The zero-order chi connectivity index (χ0) is 13.9. The lowest BCUT2D eigenvalue weighted by Crippen LogP contribution is -2.16. The molecule has 0 aliphatic heterocycles. The summed E-state index contributed by atoms with van der Waals surface area (Å²) in [5, 5.41) is 0.919. The molecule has 4 rings (SSSR count). The highest BCUT2D eigenvalue weighted by molar-refractivity contribution is 6.25. The highest BCUT2D eigenvalue weighted by Gasteiger charge is 2.31. The number of aromatic amines is 1. The molecular weight excluding hydrogens is 252 g/mol.